The summed E-state index contributed by atoms with van der Waals surface area (Å²) in [5.41, 5.74) is -0.812. The molecule has 8 heteroatoms. The lowest BCUT2D eigenvalue weighted by molar-refractivity contribution is -0.301. The summed E-state index contributed by atoms with van der Waals surface area (Å²) >= 11 is 0. The highest BCUT2D eigenvalue weighted by atomic mass is 16.6. The SMILES string of the molecule is CCC(=O)O[C@@H](C(=O)O[C@H]1C[C@@]2(O)[C@@H](C)[C@@H]3[C@]4(C)CO[C@@H]4C[C@H](O)[C@@]3(C)C(=O)[C@H](C)C(=C1C)C2(C)C)C(c1ccccc1)c1ccccc1. The van der Waals surface area contributed by atoms with Crippen molar-refractivity contribution in [2.75, 3.05) is 6.61 Å². The van der Waals surface area contributed by atoms with Crippen LogP contribution in [0.3, 0.4) is 0 Å². The van der Waals surface area contributed by atoms with Gasteiger partial charge in [-0.3, -0.25) is 9.59 Å². The molecule has 3 aliphatic carbocycles. The van der Waals surface area contributed by atoms with Crippen molar-refractivity contribution in [3.63, 3.8) is 0 Å². The monoisotopic (exact) mass is 672 g/mol. The van der Waals surface area contributed by atoms with E-state index in [1.54, 1.807) is 6.92 Å². The maximum atomic E-state index is 14.8. The third-order valence-corrected chi connectivity index (χ3v) is 13.2. The highest BCUT2D eigenvalue weighted by molar-refractivity contribution is 5.91. The number of hydrogen-bond acceptors (Lipinski definition) is 8. The fourth-order valence-corrected chi connectivity index (χ4v) is 10.6. The molecule has 0 aromatic heterocycles. The maximum absolute atomic E-state index is 14.8. The van der Waals surface area contributed by atoms with Gasteiger partial charge in [-0.2, -0.15) is 0 Å². The molecule has 264 valence electrons. The minimum atomic E-state index is -1.43. The van der Waals surface area contributed by atoms with Gasteiger partial charge < -0.3 is 24.4 Å². The standard InChI is InChI=1S/C41H52O8/c1-9-31(43)49-34(32(26-16-12-10-13-17-26)27-18-14-11-15-19-27)37(45)48-28-21-41(46)25(4)35-39(7)22-47-30(39)20-29(42)40(35,8)36(44)24(3)33(23(28)2)38(41,5)6/h10-19,24-25,28-30,32,34-35,42,46H,9,20-22H2,1-8H3/t24-,25+,28+,29+,30-,34-,35-,39-,40-,41-/m1/s1. The molecule has 0 spiro atoms. The average Bonchev–Trinajstić information content (AvgIpc) is 3.07. The molecule has 1 saturated heterocycles. The largest absolute Gasteiger partial charge is 0.455 e. The molecule has 2 N–H and O–H groups in total. The van der Waals surface area contributed by atoms with Gasteiger partial charge in [-0.25, -0.2) is 4.79 Å². The maximum Gasteiger partial charge on any atom is 0.349 e. The van der Waals surface area contributed by atoms with Gasteiger partial charge in [-0.15, -0.1) is 0 Å². The second-order valence-corrected chi connectivity index (χ2v) is 16.0. The first-order valence-corrected chi connectivity index (χ1v) is 17.8. The van der Waals surface area contributed by atoms with Crippen molar-refractivity contribution in [3.05, 3.63) is 82.9 Å². The first-order valence-electron chi connectivity index (χ1n) is 17.8. The molecule has 1 aliphatic heterocycles. The highest BCUT2D eigenvalue weighted by Crippen LogP contribution is 2.67. The zero-order valence-corrected chi connectivity index (χ0v) is 30.1. The van der Waals surface area contributed by atoms with Crippen molar-refractivity contribution in [1.82, 2.24) is 0 Å². The Hall–Kier alpha value is -3.33. The van der Waals surface area contributed by atoms with Crippen LogP contribution in [-0.2, 0) is 28.6 Å². The second-order valence-electron chi connectivity index (χ2n) is 16.0. The molecule has 0 unspecified atom stereocenters. The van der Waals surface area contributed by atoms with Crippen molar-refractivity contribution in [3.8, 4) is 0 Å². The number of rotatable bonds is 7. The summed E-state index contributed by atoms with van der Waals surface area (Å²) in [7, 11) is 0. The molecule has 8 nitrogen and oxygen atoms in total. The van der Waals surface area contributed by atoms with Crippen molar-refractivity contribution >= 4 is 17.7 Å². The lowest BCUT2D eigenvalue weighted by atomic mass is 9.40. The van der Waals surface area contributed by atoms with E-state index in [2.05, 4.69) is 6.92 Å². The van der Waals surface area contributed by atoms with Gasteiger partial charge in [0.15, 0.2) is 0 Å². The predicted molar refractivity (Wildman–Crippen MR) is 184 cm³/mol. The van der Waals surface area contributed by atoms with Gasteiger partial charge in [-0.1, -0.05) is 102 Å². The van der Waals surface area contributed by atoms with Gasteiger partial charge in [0.05, 0.1) is 35.7 Å². The van der Waals surface area contributed by atoms with E-state index in [0.29, 0.717) is 18.6 Å². The van der Waals surface area contributed by atoms with Crippen molar-refractivity contribution in [1.29, 1.82) is 0 Å². The summed E-state index contributed by atoms with van der Waals surface area (Å²) in [6.45, 7) is 15.8. The third-order valence-electron chi connectivity index (χ3n) is 13.2. The van der Waals surface area contributed by atoms with Gasteiger partial charge in [0.2, 0.25) is 6.10 Å². The van der Waals surface area contributed by atoms with E-state index >= 15 is 0 Å². The van der Waals surface area contributed by atoms with Crippen LogP contribution in [0.1, 0.15) is 91.7 Å². The second kappa shape index (κ2) is 12.5. The summed E-state index contributed by atoms with van der Waals surface area (Å²) in [6.07, 6.45) is -2.78. The number of ether oxygens (including phenoxy) is 3. The Morgan fingerprint density at radius 1 is 0.980 bits per heavy atom. The molecule has 2 aromatic carbocycles. The minimum absolute atomic E-state index is 0.0668. The molecule has 2 aromatic rings. The zero-order chi connectivity index (χ0) is 35.7. The molecule has 10 atom stereocenters. The van der Waals surface area contributed by atoms with E-state index in [1.165, 1.54) is 0 Å². The number of carbonyl (C=O) groups is 3. The fraction of sp³-hybridized carbons (Fsp3) is 0.585. The molecule has 0 amide bonds. The summed E-state index contributed by atoms with van der Waals surface area (Å²) < 4.78 is 18.3. The Morgan fingerprint density at radius 3 is 2.06 bits per heavy atom. The van der Waals surface area contributed by atoms with Crippen molar-refractivity contribution < 1.29 is 38.8 Å². The smallest absolute Gasteiger partial charge is 0.349 e. The van der Waals surface area contributed by atoms with Gasteiger partial charge in [-0.05, 0) is 48.0 Å². The summed E-state index contributed by atoms with van der Waals surface area (Å²) in [4.78, 5) is 42.2. The quantitative estimate of drug-likeness (QED) is 0.265. The summed E-state index contributed by atoms with van der Waals surface area (Å²) in [5.74, 6) is -3.49. The van der Waals surface area contributed by atoms with Crippen molar-refractivity contribution in [2.45, 2.75) is 111 Å². The minimum Gasteiger partial charge on any atom is -0.455 e. The Bertz CT molecular complexity index is 1590. The topological polar surface area (TPSA) is 119 Å². The molecule has 2 bridgehead atoms. The lowest BCUT2D eigenvalue weighted by Crippen LogP contribution is -2.74. The number of hydrogen-bond donors (Lipinski definition) is 2. The molecule has 3 fully saturated rings. The van der Waals surface area contributed by atoms with E-state index in [0.717, 1.165) is 16.7 Å². The predicted octanol–water partition coefficient (Wildman–Crippen LogP) is 6.18. The highest BCUT2D eigenvalue weighted by Gasteiger charge is 2.72. The molecular formula is C41H52O8. The van der Waals surface area contributed by atoms with Crippen LogP contribution in [0, 0.1) is 34.0 Å². The average molecular weight is 673 g/mol. The number of Topliss-reactive ketones (excluding diaryl/α,β-unsaturated/α-hetero) is 1. The van der Waals surface area contributed by atoms with Gasteiger partial charge in [0.25, 0.3) is 0 Å². The first kappa shape index (κ1) is 35.5. The van der Waals surface area contributed by atoms with E-state index in [-0.39, 0.29) is 24.7 Å². The molecular weight excluding hydrogens is 620 g/mol. The number of esters is 2. The Labute approximate surface area is 290 Å². The van der Waals surface area contributed by atoms with Gasteiger partial charge >= 0.3 is 11.9 Å². The van der Waals surface area contributed by atoms with Crippen LogP contribution in [0.25, 0.3) is 0 Å². The third kappa shape index (κ3) is 5.23. The first-order chi connectivity index (χ1) is 23.0. The lowest BCUT2D eigenvalue weighted by Gasteiger charge is -2.68. The molecule has 2 saturated carbocycles. The van der Waals surface area contributed by atoms with E-state index in [1.807, 2.05) is 102 Å². The number of fused-ring (bicyclic) bond motifs is 5. The van der Waals surface area contributed by atoms with Gasteiger partial charge in [0.1, 0.15) is 11.9 Å². The van der Waals surface area contributed by atoms with E-state index in [9.17, 15) is 24.6 Å². The van der Waals surface area contributed by atoms with Crippen LogP contribution in [0.15, 0.2) is 71.8 Å². The summed E-state index contributed by atoms with van der Waals surface area (Å²) in [5, 5.41) is 24.8. The van der Waals surface area contributed by atoms with Crippen LogP contribution in [0.5, 0.6) is 0 Å². The van der Waals surface area contributed by atoms with Crippen LogP contribution in [0.2, 0.25) is 0 Å². The van der Waals surface area contributed by atoms with Crippen LogP contribution in [0.4, 0.5) is 0 Å². The number of carbonyl (C=O) groups excluding carboxylic acids is 3. The van der Waals surface area contributed by atoms with Crippen molar-refractivity contribution in [2.24, 2.45) is 34.0 Å². The van der Waals surface area contributed by atoms with Crippen LogP contribution in [-0.4, -0.2) is 64.6 Å². The molecule has 1 heterocycles. The number of ketones is 1. The van der Waals surface area contributed by atoms with Crippen LogP contribution >= 0.6 is 0 Å². The Balaban J connectivity index is 1.45. The summed E-state index contributed by atoms with van der Waals surface area (Å²) in [6, 6.07) is 18.9. The number of benzene rings is 2. The van der Waals surface area contributed by atoms with E-state index in [4.69, 9.17) is 14.2 Å². The Morgan fingerprint density at radius 2 is 1.55 bits per heavy atom. The molecule has 0 radical (unpaired) electrons. The fourth-order valence-electron chi connectivity index (χ4n) is 10.6. The molecule has 4 aliphatic rings. The zero-order valence-electron chi connectivity index (χ0n) is 30.1. The molecule has 49 heavy (non-hydrogen) atoms. The molecule has 6 rings (SSSR count). The Kier molecular flexibility index (Phi) is 9.03. The number of aliphatic hydroxyl groups is 2. The van der Waals surface area contributed by atoms with E-state index < -0.39 is 75.8 Å². The number of aliphatic hydroxyl groups excluding tert-OH is 1. The van der Waals surface area contributed by atoms with Crippen LogP contribution < -0.4 is 0 Å². The van der Waals surface area contributed by atoms with Gasteiger partial charge in [0, 0.05) is 36.0 Å². The normalized spacial score (nSPS) is 37.2.